The molecule has 0 N–H and O–H groups in total. The summed E-state index contributed by atoms with van der Waals surface area (Å²) in [6, 6.07) is 0. The molecule has 0 aromatic carbocycles. The number of hydrogen-bond acceptors (Lipinski definition) is 3. The zero-order chi connectivity index (χ0) is 35.1. The van der Waals surface area contributed by atoms with Gasteiger partial charge in [-0.1, -0.05) is 140 Å². The third-order valence-electron chi connectivity index (χ3n) is 10.7. The molecule has 3 atom stereocenters. The monoisotopic (exact) mass is 682 g/mol. The van der Waals surface area contributed by atoms with Crippen molar-refractivity contribution < 1.29 is 9.47 Å². The predicted octanol–water partition coefficient (Wildman–Crippen LogP) is 14.2. The van der Waals surface area contributed by atoms with Crippen molar-refractivity contribution >= 4 is 0 Å². The maximum Gasteiger partial charge on any atom is 0.169 e. The molecule has 0 aromatic heterocycles. The number of fused-ring (bicyclic) bond motifs is 1. The van der Waals surface area contributed by atoms with Crippen molar-refractivity contribution in [2.75, 3.05) is 20.6 Å². The molecule has 0 bridgehead atoms. The van der Waals surface area contributed by atoms with E-state index in [2.05, 4.69) is 81.5 Å². The smallest absolute Gasteiger partial charge is 0.169 e. The maximum atomic E-state index is 6.95. The van der Waals surface area contributed by atoms with Gasteiger partial charge in [0.25, 0.3) is 0 Å². The van der Waals surface area contributed by atoms with Crippen molar-refractivity contribution in [2.45, 2.75) is 218 Å². The molecule has 0 spiro atoms. The van der Waals surface area contributed by atoms with E-state index in [9.17, 15) is 0 Å². The summed E-state index contributed by atoms with van der Waals surface area (Å²) in [5, 5.41) is 0. The van der Waals surface area contributed by atoms with Crippen molar-refractivity contribution in [1.82, 2.24) is 4.90 Å². The summed E-state index contributed by atoms with van der Waals surface area (Å²) < 4.78 is 13.8. The molecule has 0 unspecified atom stereocenters. The van der Waals surface area contributed by atoms with Gasteiger partial charge in [-0.15, -0.1) is 0 Å². The van der Waals surface area contributed by atoms with Crippen LogP contribution >= 0.6 is 0 Å². The summed E-state index contributed by atoms with van der Waals surface area (Å²) in [6.45, 7) is 5.72. The minimum absolute atomic E-state index is 0.313. The normalized spacial score (nSPS) is 21.0. The number of nitrogens with zero attached hydrogens (tertiary/aromatic N) is 1. The second-order valence-electron chi connectivity index (χ2n) is 15.8. The van der Waals surface area contributed by atoms with E-state index in [0.29, 0.717) is 12.2 Å². The van der Waals surface area contributed by atoms with Crippen molar-refractivity contribution in [3.63, 3.8) is 0 Å². The molecular formula is C46H83NO2. The Morgan fingerprint density at radius 2 is 0.898 bits per heavy atom. The van der Waals surface area contributed by atoms with E-state index in [1.165, 1.54) is 167 Å². The van der Waals surface area contributed by atoms with Gasteiger partial charge in [-0.2, -0.15) is 0 Å². The molecule has 2 rings (SSSR count). The van der Waals surface area contributed by atoms with Crippen LogP contribution in [0.1, 0.15) is 200 Å². The third-order valence-corrected chi connectivity index (χ3v) is 10.7. The fourth-order valence-electron chi connectivity index (χ4n) is 7.83. The van der Waals surface area contributed by atoms with Gasteiger partial charge in [0, 0.05) is 19.4 Å². The van der Waals surface area contributed by atoms with Crippen molar-refractivity contribution in [3.05, 3.63) is 48.6 Å². The molecule has 3 heteroatoms. The van der Waals surface area contributed by atoms with Crippen LogP contribution in [0.25, 0.3) is 0 Å². The van der Waals surface area contributed by atoms with Gasteiger partial charge < -0.3 is 14.4 Å². The molecule has 0 radical (unpaired) electrons. The van der Waals surface area contributed by atoms with Crippen LogP contribution in [-0.2, 0) is 9.47 Å². The third kappa shape index (κ3) is 23.1. The van der Waals surface area contributed by atoms with Gasteiger partial charge in [-0.05, 0) is 116 Å². The molecule has 1 aliphatic carbocycles. The lowest BCUT2D eigenvalue weighted by Crippen LogP contribution is -2.35. The average molecular weight is 682 g/mol. The molecule has 284 valence electrons. The van der Waals surface area contributed by atoms with Crippen molar-refractivity contribution in [1.29, 1.82) is 0 Å². The van der Waals surface area contributed by atoms with E-state index in [4.69, 9.17) is 9.47 Å². The number of unbranched alkanes of at least 4 members (excludes halogenated alkanes) is 18. The summed E-state index contributed by atoms with van der Waals surface area (Å²) >= 11 is 0. The van der Waals surface area contributed by atoms with Crippen LogP contribution < -0.4 is 0 Å². The maximum absolute atomic E-state index is 6.95. The Kier molecular flexibility index (Phi) is 27.4. The van der Waals surface area contributed by atoms with E-state index in [1.54, 1.807) is 0 Å². The highest BCUT2D eigenvalue weighted by Crippen LogP contribution is 2.44. The minimum Gasteiger partial charge on any atom is -0.344 e. The molecular weight excluding hydrogens is 599 g/mol. The van der Waals surface area contributed by atoms with Crippen molar-refractivity contribution in [3.8, 4) is 0 Å². The first-order chi connectivity index (χ1) is 24.1. The standard InChI is InChI=1S/C46H83NO2/c1-5-7-9-11-13-15-17-19-21-23-25-27-29-31-33-35-39-46(48-44-38-37-43(42-47(3)4)41-45(44)49-46)40-36-34-32-30-28-26-24-22-20-18-16-14-12-10-8-6-2/h13-16,19-22,43-45H,5-12,17-18,23-42H2,1-4H3/b15-13-,16-14-,21-19-,22-20-/t43-,44+,45-/m1/s1. The fourth-order valence-corrected chi connectivity index (χ4v) is 7.83. The lowest BCUT2D eigenvalue weighted by molar-refractivity contribution is -0.186. The van der Waals surface area contributed by atoms with E-state index in [1.807, 2.05) is 0 Å². The Hall–Kier alpha value is -1.16. The van der Waals surface area contributed by atoms with Crippen molar-refractivity contribution in [2.24, 2.45) is 5.92 Å². The molecule has 1 heterocycles. The van der Waals surface area contributed by atoms with E-state index < -0.39 is 0 Å². The van der Waals surface area contributed by atoms with Crippen LogP contribution in [0.5, 0.6) is 0 Å². The second-order valence-corrected chi connectivity index (χ2v) is 15.8. The number of ether oxygens (including phenoxy) is 2. The van der Waals surface area contributed by atoms with Crippen LogP contribution in [0, 0.1) is 5.92 Å². The average Bonchev–Trinajstić information content (AvgIpc) is 3.45. The molecule has 1 saturated heterocycles. The molecule has 2 aliphatic rings. The van der Waals surface area contributed by atoms with Gasteiger partial charge in [-0.3, -0.25) is 0 Å². The van der Waals surface area contributed by atoms with Crippen LogP contribution in [0.15, 0.2) is 48.6 Å². The predicted molar refractivity (Wildman–Crippen MR) is 216 cm³/mol. The zero-order valence-corrected chi connectivity index (χ0v) is 33.3. The topological polar surface area (TPSA) is 21.7 Å². The summed E-state index contributed by atoms with van der Waals surface area (Å²) in [5.74, 6) is 0.437. The Balaban J connectivity index is 1.61. The number of hydrogen-bond donors (Lipinski definition) is 0. The quantitative estimate of drug-likeness (QED) is 0.0521. The van der Waals surface area contributed by atoms with Gasteiger partial charge in [-0.25, -0.2) is 0 Å². The van der Waals surface area contributed by atoms with Gasteiger partial charge in [0.05, 0.1) is 12.2 Å². The summed E-state index contributed by atoms with van der Waals surface area (Å²) in [7, 11) is 4.42. The van der Waals surface area contributed by atoms with Gasteiger partial charge in [0.2, 0.25) is 0 Å². The SMILES string of the molecule is CCCCC/C=C\C/C=C\CCCCCCCCC1(CCCCCCCC/C=C\C/C=C\CCCCC)O[C@H]2CC[C@@H](CN(C)C)C[C@H]2O1. The number of allylic oxidation sites excluding steroid dienone is 8. The van der Waals surface area contributed by atoms with Gasteiger partial charge in [0.15, 0.2) is 5.79 Å². The number of rotatable bonds is 32. The summed E-state index contributed by atoms with van der Waals surface area (Å²) in [4.78, 5) is 2.35. The second kappa shape index (κ2) is 30.5. The lowest BCUT2D eigenvalue weighted by Gasteiger charge is -2.31. The highest BCUT2D eigenvalue weighted by Gasteiger charge is 2.48. The first-order valence-corrected chi connectivity index (χ1v) is 21.7. The first-order valence-electron chi connectivity index (χ1n) is 21.7. The minimum atomic E-state index is -0.313. The van der Waals surface area contributed by atoms with Gasteiger partial charge >= 0.3 is 0 Å². The van der Waals surface area contributed by atoms with Gasteiger partial charge in [0.1, 0.15) is 0 Å². The molecule has 0 aromatic rings. The van der Waals surface area contributed by atoms with E-state index >= 15 is 0 Å². The molecule has 3 nitrogen and oxygen atoms in total. The van der Waals surface area contributed by atoms with E-state index in [-0.39, 0.29) is 5.79 Å². The summed E-state index contributed by atoms with van der Waals surface area (Å²) in [5.41, 5.74) is 0. The van der Waals surface area contributed by atoms with Crippen LogP contribution in [0.2, 0.25) is 0 Å². The zero-order valence-electron chi connectivity index (χ0n) is 33.3. The molecule has 0 amide bonds. The Bertz CT molecular complexity index is 809. The van der Waals surface area contributed by atoms with Crippen LogP contribution in [0.4, 0.5) is 0 Å². The highest BCUT2D eigenvalue weighted by molar-refractivity contribution is 4.94. The molecule has 1 saturated carbocycles. The first kappa shape index (κ1) is 44.0. The summed E-state index contributed by atoms with van der Waals surface area (Å²) in [6.07, 6.45) is 56.5. The molecule has 49 heavy (non-hydrogen) atoms. The molecule has 1 aliphatic heterocycles. The van der Waals surface area contributed by atoms with Crippen LogP contribution in [0.3, 0.4) is 0 Å². The highest BCUT2D eigenvalue weighted by atomic mass is 16.8. The Morgan fingerprint density at radius 1 is 0.490 bits per heavy atom. The van der Waals surface area contributed by atoms with Crippen LogP contribution in [-0.4, -0.2) is 43.5 Å². The lowest BCUT2D eigenvalue weighted by atomic mass is 9.85. The largest absolute Gasteiger partial charge is 0.344 e. The Labute approximate surface area is 306 Å². The Morgan fingerprint density at radius 3 is 1.35 bits per heavy atom. The molecule has 2 fully saturated rings. The van der Waals surface area contributed by atoms with E-state index in [0.717, 1.165) is 31.6 Å². The fraction of sp³-hybridized carbons (Fsp3) is 0.826.